The number of rotatable bonds is 4. The number of thiol groups is 1. The third kappa shape index (κ3) is 3.16. The monoisotopic (exact) mass is 315 g/mol. The first kappa shape index (κ1) is 16.1. The SMILES string of the molecule is N[C@@H](CS)C(=O)N1CCC[C@H]1C(=O)N1CCC[C@H]1C(=O)O. The number of nitrogens with zero attached hydrogens (tertiary/aromatic N) is 2. The highest BCUT2D eigenvalue weighted by Gasteiger charge is 2.42. The maximum atomic E-state index is 12.6. The second-order valence-electron chi connectivity index (χ2n) is 5.51. The molecule has 0 aromatic rings. The summed E-state index contributed by atoms with van der Waals surface area (Å²) in [5.74, 6) is -1.31. The zero-order valence-electron chi connectivity index (χ0n) is 11.8. The molecule has 8 heteroatoms. The predicted octanol–water partition coefficient (Wildman–Crippen LogP) is -0.690. The molecule has 2 fully saturated rings. The van der Waals surface area contributed by atoms with Crippen molar-refractivity contribution in [3.8, 4) is 0 Å². The van der Waals surface area contributed by atoms with Gasteiger partial charge >= 0.3 is 5.97 Å². The van der Waals surface area contributed by atoms with Crippen LogP contribution in [0.2, 0.25) is 0 Å². The standard InChI is InChI=1S/C13H21N3O4S/c14-8(7-21)11(17)15-5-1-3-9(15)12(18)16-6-2-4-10(16)13(19)20/h8-10,21H,1-7,14H2,(H,19,20)/t8-,9-,10-/m0/s1. The second kappa shape index (κ2) is 6.65. The first-order chi connectivity index (χ1) is 9.97. The van der Waals surface area contributed by atoms with Crippen molar-refractivity contribution in [1.29, 1.82) is 0 Å². The zero-order valence-corrected chi connectivity index (χ0v) is 12.7. The smallest absolute Gasteiger partial charge is 0.326 e. The molecule has 21 heavy (non-hydrogen) atoms. The lowest BCUT2D eigenvalue weighted by Gasteiger charge is -2.31. The van der Waals surface area contributed by atoms with Gasteiger partial charge in [0.05, 0.1) is 6.04 Å². The van der Waals surface area contributed by atoms with E-state index in [4.69, 9.17) is 5.73 Å². The molecule has 0 aromatic heterocycles. The second-order valence-corrected chi connectivity index (χ2v) is 5.87. The molecule has 0 unspecified atom stereocenters. The molecule has 0 spiro atoms. The van der Waals surface area contributed by atoms with E-state index in [0.717, 1.165) is 6.42 Å². The number of carboxylic acid groups (broad SMARTS) is 1. The Labute approximate surface area is 128 Å². The fourth-order valence-corrected chi connectivity index (χ4v) is 3.21. The number of carbonyl (C=O) groups is 3. The predicted molar refractivity (Wildman–Crippen MR) is 78.9 cm³/mol. The van der Waals surface area contributed by atoms with Crippen LogP contribution >= 0.6 is 12.6 Å². The molecule has 0 saturated carbocycles. The van der Waals surface area contributed by atoms with Gasteiger partial charge in [-0.15, -0.1) is 0 Å². The summed E-state index contributed by atoms with van der Waals surface area (Å²) in [4.78, 5) is 38.9. The number of aliphatic carboxylic acids is 1. The molecule has 2 saturated heterocycles. The maximum absolute atomic E-state index is 12.6. The van der Waals surface area contributed by atoms with Crippen LogP contribution in [0.4, 0.5) is 0 Å². The Bertz CT molecular complexity index is 445. The lowest BCUT2D eigenvalue weighted by Crippen LogP contribution is -2.54. The van der Waals surface area contributed by atoms with E-state index >= 15 is 0 Å². The van der Waals surface area contributed by atoms with E-state index in [-0.39, 0.29) is 17.6 Å². The van der Waals surface area contributed by atoms with Gasteiger partial charge in [0, 0.05) is 18.8 Å². The molecular formula is C13H21N3O4S. The molecule has 0 radical (unpaired) electrons. The molecule has 2 aliphatic rings. The highest BCUT2D eigenvalue weighted by molar-refractivity contribution is 7.80. The van der Waals surface area contributed by atoms with Gasteiger partial charge in [0.2, 0.25) is 11.8 Å². The average Bonchev–Trinajstić information content (AvgIpc) is 3.13. The van der Waals surface area contributed by atoms with Crippen molar-refractivity contribution in [3.05, 3.63) is 0 Å². The number of carboxylic acids is 1. The minimum atomic E-state index is -0.983. The summed E-state index contributed by atoms with van der Waals surface area (Å²) in [6.45, 7) is 0.926. The summed E-state index contributed by atoms with van der Waals surface area (Å²) in [5, 5.41) is 9.17. The third-order valence-corrected chi connectivity index (χ3v) is 4.55. The van der Waals surface area contributed by atoms with Crippen LogP contribution in [0.15, 0.2) is 0 Å². The van der Waals surface area contributed by atoms with E-state index in [0.29, 0.717) is 32.4 Å². The van der Waals surface area contributed by atoms with Crippen LogP contribution in [0.3, 0.4) is 0 Å². The lowest BCUT2D eigenvalue weighted by atomic mass is 10.1. The molecule has 2 rings (SSSR count). The molecule has 0 aromatic carbocycles. The normalized spacial score (nSPS) is 27.0. The molecule has 3 N–H and O–H groups in total. The van der Waals surface area contributed by atoms with Crippen LogP contribution in [0.1, 0.15) is 25.7 Å². The van der Waals surface area contributed by atoms with E-state index in [1.54, 1.807) is 0 Å². The van der Waals surface area contributed by atoms with Gasteiger partial charge < -0.3 is 20.6 Å². The Hall–Kier alpha value is -1.28. The van der Waals surface area contributed by atoms with Crippen molar-refractivity contribution < 1.29 is 19.5 Å². The first-order valence-electron chi connectivity index (χ1n) is 7.17. The zero-order chi connectivity index (χ0) is 15.6. The Morgan fingerprint density at radius 3 is 2.29 bits per heavy atom. The van der Waals surface area contributed by atoms with Crippen molar-refractivity contribution in [2.24, 2.45) is 5.73 Å². The molecule has 0 bridgehead atoms. The number of hydrogen-bond acceptors (Lipinski definition) is 5. The van der Waals surface area contributed by atoms with Gasteiger partial charge in [0.15, 0.2) is 0 Å². The molecule has 3 atom stereocenters. The molecule has 2 amide bonds. The van der Waals surface area contributed by atoms with Crippen LogP contribution in [0.5, 0.6) is 0 Å². The Morgan fingerprint density at radius 2 is 1.71 bits per heavy atom. The van der Waals surface area contributed by atoms with E-state index in [9.17, 15) is 19.5 Å². The molecule has 0 aliphatic carbocycles. The molecule has 2 heterocycles. The minimum absolute atomic E-state index is 0.220. The van der Waals surface area contributed by atoms with Crippen molar-refractivity contribution in [2.75, 3.05) is 18.8 Å². The fourth-order valence-electron chi connectivity index (χ4n) is 3.06. The van der Waals surface area contributed by atoms with Crippen molar-refractivity contribution in [3.63, 3.8) is 0 Å². The summed E-state index contributed by atoms with van der Waals surface area (Å²) in [5.41, 5.74) is 5.70. The molecule has 2 aliphatic heterocycles. The van der Waals surface area contributed by atoms with Gasteiger partial charge in [-0.1, -0.05) is 0 Å². The van der Waals surface area contributed by atoms with Crippen molar-refractivity contribution in [2.45, 2.75) is 43.8 Å². The maximum Gasteiger partial charge on any atom is 0.326 e. The summed E-state index contributed by atoms with van der Waals surface area (Å²) < 4.78 is 0. The van der Waals surface area contributed by atoms with Crippen molar-refractivity contribution >= 4 is 30.4 Å². The number of nitrogens with two attached hydrogens (primary N) is 1. The number of carbonyl (C=O) groups excluding carboxylic acids is 2. The van der Waals surface area contributed by atoms with Gasteiger partial charge in [-0.3, -0.25) is 9.59 Å². The summed E-state index contributed by atoms with van der Waals surface area (Å²) in [6.07, 6.45) is 2.44. The van der Waals surface area contributed by atoms with Gasteiger partial charge in [-0.05, 0) is 25.7 Å². The Balaban J connectivity index is 2.10. The third-order valence-electron chi connectivity index (χ3n) is 4.16. The van der Waals surface area contributed by atoms with E-state index < -0.39 is 24.1 Å². The number of hydrogen-bond donors (Lipinski definition) is 3. The van der Waals surface area contributed by atoms with Crippen LogP contribution in [0, 0.1) is 0 Å². The van der Waals surface area contributed by atoms with Crippen LogP contribution < -0.4 is 5.73 Å². The Morgan fingerprint density at radius 1 is 1.14 bits per heavy atom. The summed E-state index contributed by atoms with van der Waals surface area (Å²) >= 11 is 4.01. The number of amides is 2. The molecule has 118 valence electrons. The highest BCUT2D eigenvalue weighted by atomic mass is 32.1. The quantitative estimate of drug-likeness (QED) is 0.596. The fraction of sp³-hybridized carbons (Fsp3) is 0.769. The molecule has 7 nitrogen and oxygen atoms in total. The van der Waals surface area contributed by atoms with Gasteiger partial charge in [0.25, 0.3) is 0 Å². The Kier molecular flexibility index (Phi) is 5.10. The van der Waals surface area contributed by atoms with E-state index in [1.165, 1.54) is 9.80 Å². The largest absolute Gasteiger partial charge is 0.480 e. The van der Waals surface area contributed by atoms with Crippen LogP contribution in [0.25, 0.3) is 0 Å². The minimum Gasteiger partial charge on any atom is -0.480 e. The lowest BCUT2D eigenvalue weighted by molar-refractivity contribution is -0.151. The van der Waals surface area contributed by atoms with Gasteiger partial charge in [-0.25, -0.2) is 4.79 Å². The van der Waals surface area contributed by atoms with Gasteiger partial charge in [0.1, 0.15) is 12.1 Å². The summed E-state index contributed by atoms with van der Waals surface area (Å²) in [6, 6.07) is -2.08. The topological polar surface area (TPSA) is 104 Å². The first-order valence-corrected chi connectivity index (χ1v) is 7.80. The summed E-state index contributed by atoms with van der Waals surface area (Å²) in [7, 11) is 0. The number of likely N-dealkylation sites (tertiary alicyclic amines) is 2. The van der Waals surface area contributed by atoms with Crippen molar-refractivity contribution in [1.82, 2.24) is 9.80 Å². The molecular weight excluding hydrogens is 294 g/mol. The average molecular weight is 315 g/mol. The van der Waals surface area contributed by atoms with Crippen LogP contribution in [-0.4, -0.2) is 69.7 Å². The van der Waals surface area contributed by atoms with E-state index in [2.05, 4.69) is 12.6 Å². The van der Waals surface area contributed by atoms with Gasteiger partial charge in [-0.2, -0.15) is 12.6 Å². The van der Waals surface area contributed by atoms with Crippen LogP contribution in [-0.2, 0) is 14.4 Å². The highest BCUT2D eigenvalue weighted by Crippen LogP contribution is 2.25. The van der Waals surface area contributed by atoms with E-state index in [1.807, 2.05) is 0 Å².